The smallest absolute Gasteiger partial charge is 0.244 e. The molecular weight excluding hydrogens is 250 g/mol. The summed E-state index contributed by atoms with van der Waals surface area (Å²) in [6.07, 6.45) is 0.232. The first kappa shape index (κ1) is 11.4. The molecule has 2 aromatic carbocycles. The van der Waals surface area contributed by atoms with Crippen LogP contribution in [0.4, 0.5) is 0 Å². The minimum absolute atomic E-state index is 0.110. The maximum absolute atomic E-state index is 12.8. The van der Waals surface area contributed by atoms with Crippen molar-refractivity contribution < 1.29 is 9.59 Å². The van der Waals surface area contributed by atoms with Crippen LogP contribution in [0.25, 0.3) is 11.1 Å². The Morgan fingerprint density at radius 3 is 1.85 bits per heavy atom. The van der Waals surface area contributed by atoms with Gasteiger partial charge in [-0.05, 0) is 22.3 Å². The maximum atomic E-state index is 12.8. The van der Waals surface area contributed by atoms with E-state index in [1.807, 2.05) is 48.5 Å². The zero-order valence-electron chi connectivity index (χ0n) is 11.1. The monoisotopic (exact) mass is 263 g/mol. The number of likely N-dealkylation sites (N-methyl/N-ethyl adjacent to an activating group) is 1. The Morgan fingerprint density at radius 1 is 0.900 bits per heavy atom. The molecule has 1 fully saturated rings. The molecular formula is C17H13NO2. The summed E-state index contributed by atoms with van der Waals surface area (Å²) in [4.78, 5) is 26.1. The molecule has 1 aliphatic carbocycles. The van der Waals surface area contributed by atoms with Crippen molar-refractivity contribution in [2.75, 3.05) is 7.05 Å². The minimum atomic E-state index is -0.807. The van der Waals surface area contributed by atoms with Gasteiger partial charge in [-0.1, -0.05) is 48.5 Å². The van der Waals surface area contributed by atoms with Crippen LogP contribution in [0.3, 0.4) is 0 Å². The quantitative estimate of drug-likeness (QED) is 0.684. The molecule has 2 aromatic rings. The van der Waals surface area contributed by atoms with E-state index in [-0.39, 0.29) is 18.2 Å². The number of hydrogen-bond acceptors (Lipinski definition) is 2. The summed E-state index contributed by atoms with van der Waals surface area (Å²) in [7, 11) is 1.57. The number of amides is 2. The first-order valence-corrected chi connectivity index (χ1v) is 6.66. The van der Waals surface area contributed by atoms with Crippen molar-refractivity contribution in [3.63, 3.8) is 0 Å². The van der Waals surface area contributed by atoms with Gasteiger partial charge >= 0.3 is 0 Å². The van der Waals surface area contributed by atoms with Gasteiger partial charge in [-0.3, -0.25) is 14.5 Å². The van der Waals surface area contributed by atoms with Crippen LogP contribution >= 0.6 is 0 Å². The van der Waals surface area contributed by atoms with E-state index in [4.69, 9.17) is 0 Å². The van der Waals surface area contributed by atoms with Gasteiger partial charge in [0.25, 0.3) is 0 Å². The molecule has 0 saturated carbocycles. The summed E-state index contributed by atoms with van der Waals surface area (Å²) in [5, 5.41) is 0. The van der Waals surface area contributed by atoms with E-state index in [0.29, 0.717) is 0 Å². The number of carbonyl (C=O) groups excluding carboxylic acids is 2. The topological polar surface area (TPSA) is 37.4 Å². The number of carbonyl (C=O) groups is 2. The van der Waals surface area contributed by atoms with Crippen molar-refractivity contribution in [3.05, 3.63) is 59.7 Å². The molecule has 2 amide bonds. The lowest BCUT2D eigenvalue weighted by Crippen LogP contribution is -2.36. The molecule has 2 aliphatic rings. The zero-order chi connectivity index (χ0) is 13.9. The second-order valence-corrected chi connectivity index (χ2v) is 5.43. The first-order valence-electron chi connectivity index (χ1n) is 6.66. The van der Waals surface area contributed by atoms with Crippen molar-refractivity contribution in [3.8, 4) is 11.1 Å². The number of hydrogen-bond donors (Lipinski definition) is 0. The van der Waals surface area contributed by atoms with Crippen LogP contribution in [-0.4, -0.2) is 23.8 Å². The third-order valence-corrected chi connectivity index (χ3v) is 4.52. The zero-order valence-corrected chi connectivity index (χ0v) is 11.1. The Hall–Kier alpha value is -2.42. The highest BCUT2D eigenvalue weighted by Gasteiger charge is 2.56. The molecule has 0 bridgehead atoms. The minimum Gasteiger partial charge on any atom is -0.285 e. The van der Waals surface area contributed by atoms with E-state index in [9.17, 15) is 9.59 Å². The summed E-state index contributed by atoms with van der Waals surface area (Å²) in [5.74, 6) is -0.221. The highest BCUT2D eigenvalue weighted by atomic mass is 16.2. The van der Waals surface area contributed by atoms with Crippen LogP contribution in [0, 0.1) is 0 Å². The highest BCUT2D eigenvalue weighted by molar-refractivity contribution is 6.14. The predicted molar refractivity (Wildman–Crippen MR) is 75.1 cm³/mol. The lowest BCUT2D eigenvalue weighted by atomic mass is 9.77. The van der Waals surface area contributed by atoms with Crippen LogP contribution in [-0.2, 0) is 15.0 Å². The second kappa shape index (κ2) is 3.57. The number of likely N-dealkylation sites (tertiary alicyclic amines) is 1. The molecule has 0 atom stereocenters. The van der Waals surface area contributed by atoms with Crippen molar-refractivity contribution in [2.45, 2.75) is 11.8 Å². The third kappa shape index (κ3) is 1.11. The fourth-order valence-electron chi connectivity index (χ4n) is 3.57. The number of fused-ring (bicyclic) bond motifs is 5. The van der Waals surface area contributed by atoms with Gasteiger partial charge < -0.3 is 0 Å². The summed E-state index contributed by atoms with van der Waals surface area (Å²) in [5.41, 5.74) is 3.26. The Kier molecular flexibility index (Phi) is 2.04. The summed E-state index contributed by atoms with van der Waals surface area (Å²) >= 11 is 0. The number of imide groups is 1. The molecule has 4 rings (SSSR count). The second-order valence-electron chi connectivity index (χ2n) is 5.43. The van der Waals surface area contributed by atoms with Gasteiger partial charge in [0.1, 0.15) is 5.41 Å². The fourth-order valence-corrected chi connectivity index (χ4v) is 3.57. The Balaban J connectivity index is 2.11. The van der Waals surface area contributed by atoms with Gasteiger partial charge in [-0.25, -0.2) is 0 Å². The average molecular weight is 263 g/mol. The lowest BCUT2D eigenvalue weighted by Gasteiger charge is -2.23. The van der Waals surface area contributed by atoms with Gasteiger partial charge in [-0.2, -0.15) is 0 Å². The van der Waals surface area contributed by atoms with E-state index in [0.717, 1.165) is 22.3 Å². The Bertz CT molecular complexity index is 718. The molecule has 0 aromatic heterocycles. The van der Waals surface area contributed by atoms with Crippen LogP contribution < -0.4 is 0 Å². The normalized spacial score (nSPS) is 18.6. The molecule has 20 heavy (non-hydrogen) atoms. The molecule has 0 unspecified atom stereocenters. The Morgan fingerprint density at radius 2 is 1.40 bits per heavy atom. The first-order chi connectivity index (χ1) is 9.66. The van der Waals surface area contributed by atoms with Crippen LogP contribution in [0.2, 0.25) is 0 Å². The molecule has 3 heteroatoms. The van der Waals surface area contributed by atoms with Gasteiger partial charge in [0.15, 0.2) is 0 Å². The van der Waals surface area contributed by atoms with E-state index in [2.05, 4.69) is 0 Å². The maximum Gasteiger partial charge on any atom is 0.244 e. The highest BCUT2D eigenvalue weighted by Crippen LogP contribution is 2.53. The lowest BCUT2D eigenvalue weighted by molar-refractivity contribution is -0.137. The Labute approximate surface area is 116 Å². The largest absolute Gasteiger partial charge is 0.285 e. The van der Waals surface area contributed by atoms with Gasteiger partial charge in [0.05, 0.1) is 0 Å². The number of rotatable bonds is 0. The molecule has 1 heterocycles. The van der Waals surface area contributed by atoms with Crippen molar-refractivity contribution >= 4 is 11.8 Å². The van der Waals surface area contributed by atoms with Crippen LogP contribution in [0.5, 0.6) is 0 Å². The molecule has 1 saturated heterocycles. The summed E-state index contributed by atoms with van der Waals surface area (Å²) in [6, 6.07) is 15.8. The molecule has 0 radical (unpaired) electrons. The van der Waals surface area contributed by atoms with Gasteiger partial charge in [-0.15, -0.1) is 0 Å². The molecule has 0 N–H and O–H groups in total. The van der Waals surface area contributed by atoms with Crippen LogP contribution in [0.1, 0.15) is 17.5 Å². The molecule has 98 valence electrons. The van der Waals surface area contributed by atoms with E-state index in [1.165, 1.54) is 4.90 Å². The van der Waals surface area contributed by atoms with Gasteiger partial charge in [0, 0.05) is 13.5 Å². The van der Waals surface area contributed by atoms with Crippen LogP contribution in [0.15, 0.2) is 48.5 Å². The van der Waals surface area contributed by atoms with Gasteiger partial charge in [0.2, 0.25) is 11.8 Å². The molecule has 1 spiro atoms. The number of nitrogens with zero attached hydrogens (tertiary/aromatic N) is 1. The van der Waals surface area contributed by atoms with E-state index in [1.54, 1.807) is 7.05 Å². The molecule has 1 aliphatic heterocycles. The molecule has 3 nitrogen and oxygen atoms in total. The standard InChI is InChI=1S/C17H13NO2/c1-18-15(19)10-17(16(18)20)13-8-4-2-6-11(13)12-7-3-5-9-14(12)17/h2-9H,10H2,1H3. The summed E-state index contributed by atoms with van der Waals surface area (Å²) in [6.45, 7) is 0. The van der Waals surface area contributed by atoms with Crippen molar-refractivity contribution in [1.82, 2.24) is 4.90 Å². The van der Waals surface area contributed by atoms with Crippen molar-refractivity contribution in [2.24, 2.45) is 0 Å². The van der Waals surface area contributed by atoms with E-state index >= 15 is 0 Å². The van der Waals surface area contributed by atoms with E-state index < -0.39 is 5.41 Å². The average Bonchev–Trinajstić information content (AvgIpc) is 2.89. The fraction of sp³-hybridized carbons (Fsp3) is 0.176. The predicted octanol–water partition coefficient (Wildman–Crippen LogP) is 2.34. The number of benzene rings is 2. The third-order valence-electron chi connectivity index (χ3n) is 4.52. The SMILES string of the molecule is CN1C(=O)CC2(C1=O)c1ccccc1-c1ccccc12. The summed E-state index contributed by atoms with van der Waals surface area (Å²) < 4.78 is 0. The van der Waals surface area contributed by atoms with Crippen molar-refractivity contribution in [1.29, 1.82) is 0 Å².